The van der Waals surface area contributed by atoms with E-state index in [-0.39, 0.29) is 24.3 Å². The summed E-state index contributed by atoms with van der Waals surface area (Å²) in [5.41, 5.74) is 1.15. The van der Waals surface area contributed by atoms with Gasteiger partial charge in [0.15, 0.2) is 16.6 Å². The number of hydrogen-bond acceptors (Lipinski definition) is 6. The number of amides is 2. The fourth-order valence-corrected chi connectivity index (χ4v) is 3.53. The van der Waals surface area contributed by atoms with Gasteiger partial charge in [0.05, 0.1) is 18.7 Å². The Bertz CT molecular complexity index is 1010. The van der Waals surface area contributed by atoms with Crippen molar-refractivity contribution in [2.75, 3.05) is 18.5 Å². The third kappa shape index (κ3) is 4.91. The van der Waals surface area contributed by atoms with E-state index >= 15 is 0 Å². The Morgan fingerprint density at radius 1 is 1.07 bits per heavy atom. The molecule has 2 aromatic carbocycles. The molecule has 7 nitrogen and oxygen atoms in total. The van der Waals surface area contributed by atoms with Crippen molar-refractivity contribution in [3.05, 3.63) is 71.2 Å². The monoisotopic (exact) mass is 409 g/mol. The number of aromatic nitrogens is 1. The smallest absolute Gasteiger partial charge is 0.257 e. The molecule has 29 heavy (non-hydrogen) atoms. The van der Waals surface area contributed by atoms with E-state index in [0.717, 1.165) is 0 Å². The van der Waals surface area contributed by atoms with Crippen LogP contribution in [0.3, 0.4) is 0 Å². The first-order chi connectivity index (χ1) is 14.2. The number of hydrogen-bond donors (Lipinski definition) is 2. The second-order valence-corrected chi connectivity index (χ2v) is 7.30. The van der Waals surface area contributed by atoms with Crippen LogP contribution in [0.5, 0.6) is 11.5 Å². The lowest BCUT2D eigenvalue weighted by Crippen LogP contribution is -2.41. The van der Waals surface area contributed by atoms with Crippen LogP contribution in [0.1, 0.15) is 16.1 Å². The highest BCUT2D eigenvalue weighted by Gasteiger charge is 2.21. The molecule has 0 aliphatic carbocycles. The molecule has 2 heterocycles. The lowest BCUT2D eigenvalue weighted by molar-refractivity contribution is -0.121. The molecule has 0 bridgehead atoms. The van der Waals surface area contributed by atoms with Gasteiger partial charge in [0.2, 0.25) is 5.91 Å². The molecule has 0 fully saturated rings. The maximum atomic E-state index is 12.2. The molecule has 0 unspecified atom stereocenters. The predicted octanol–water partition coefficient (Wildman–Crippen LogP) is 2.89. The Balaban J connectivity index is 1.25. The number of fused-ring (bicyclic) bond motifs is 1. The Labute approximate surface area is 171 Å². The molecule has 8 heteroatoms. The quantitative estimate of drug-likeness (QED) is 0.653. The van der Waals surface area contributed by atoms with Crippen LogP contribution in [-0.4, -0.2) is 36.1 Å². The van der Waals surface area contributed by atoms with Gasteiger partial charge in [-0.15, -0.1) is 11.3 Å². The molecule has 2 amide bonds. The SMILES string of the molecule is O=C(Cc1csc(NC(=O)c2ccccc2)n1)NC[C@H]1COc2ccccc2O1. The highest BCUT2D eigenvalue weighted by Crippen LogP contribution is 2.30. The number of nitrogens with one attached hydrogen (secondary N) is 2. The van der Waals surface area contributed by atoms with E-state index < -0.39 is 0 Å². The van der Waals surface area contributed by atoms with Gasteiger partial charge in [-0.25, -0.2) is 4.98 Å². The van der Waals surface area contributed by atoms with Crippen molar-refractivity contribution in [3.63, 3.8) is 0 Å². The topological polar surface area (TPSA) is 89.6 Å². The number of carbonyl (C=O) groups is 2. The maximum Gasteiger partial charge on any atom is 0.257 e. The standard InChI is InChI=1S/C21H19N3O4S/c25-19(22-11-16-12-27-17-8-4-5-9-18(17)28-16)10-15-13-29-21(23-15)24-20(26)14-6-2-1-3-7-14/h1-9,13,16H,10-12H2,(H,22,25)(H,23,24,26)/t16-/m0/s1. The zero-order valence-electron chi connectivity index (χ0n) is 15.5. The number of nitrogens with zero attached hydrogens (tertiary/aromatic N) is 1. The second kappa shape index (κ2) is 8.74. The first-order valence-corrected chi connectivity index (χ1v) is 10.0. The molecule has 3 aromatic rings. The van der Waals surface area contributed by atoms with E-state index in [9.17, 15) is 9.59 Å². The minimum absolute atomic E-state index is 0.127. The number of anilines is 1. The zero-order valence-corrected chi connectivity index (χ0v) is 16.3. The first-order valence-electron chi connectivity index (χ1n) is 9.13. The summed E-state index contributed by atoms with van der Waals surface area (Å²) < 4.78 is 11.5. The van der Waals surface area contributed by atoms with Crippen molar-refractivity contribution in [1.29, 1.82) is 0 Å². The normalized spacial score (nSPS) is 14.8. The van der Waals surface area contributed by atoms with Gasteiger partial charge < -0.3 is 14.8 Å². The Morgan fingerprint density at radius 3 is 2.66 bits per heavy atom. The van der Waals surface area contributed by atoms with Crippen molar-refractivity contribution in [2.24, 2.45) is 0 Å². The van der Waals surface area contributed by atoms with E-state index in [0.29, 0.717) is 41.0 Å². The van der Waals surface area contributed by atoms with Crippen molar-refractivity contribution >= 4 is 28.3 Å². The third-order valence-corrected chi connectivity index (χ3v) is 5.05. The predicted molar refractivity (Wildman–Crippen MR) is 110 cm³/mol. The molecule has 1 aromatic heterocycles. The summed E-state index contributed by atoms with van der Waals surface area (Å²) >= 11 is 1.29. The lowest BCUT2D eigenvalue weighted by Gasteiger charge is -2.26. The number of thiazole rings is 1. The summed E-state index contributed by atoms with van der Waals surface area (Å²) in [5.74, 6) is 0.989. The molecule has 1 atom stereocenters. The van der Waals surface area contributed by atoms with E-state index in [1.807, 2.05) is 30.3 Å². The van der Waals surface area contributed by atoms with Crippen molar-refractivity contribution in [1.82, 2.24) is 10.3 Å². The molecule has 4 rings (SSSR count). The van der Waals surface area contributed by atoms with Gasteiger partial charge in [-0.2, -0.15) is 0 Å². The van der Waals surface area contributed by atoms with Crippen LogP contribution in [0.4, 0.5) is 5.13 Å². The van der Waals surface area contributed by atoms with Gasteiger partial charge in [-0.3, -0.25) is 14.9 Å². The van der Waals surface area contributed by atoms with E-state index in [4.69, 9.17) is 9.47 Å². The zero-order chi connectivity index (χ0) is 20.1. The van der Waals surface area contributed by atoms with E-state index in [1.54, 1.807) is 29.6 Å². The average Bonchev–Trinajstić information content (AvgIpc) is 3.19. The van der Waals surface area contributed by atoms with E-state index in [1.165, 1.54) is 11.3 Å². The summed E-state index contributed by atoms with van der Waals surface area (Å²) in [7, 11) is 0. The van der Waals surface area contributed by atoms with Gasteiger partial charge in [-0.1, -0.05) is 30.3 Å². The van der Waals surface area contributed by atoms with Crippen LogP contribution in [0.15, 0.2) is 60.0 Å². The number of ether oxygens (including phenoxy) is 2. The summed E-state index contributed by atoms with van der Waals surface area (Å²) in [6.45, 7) is 0.721. The highest BCUT2D eigenvalue weighted by atomic mass is 32.1. The number of para-hydroxylation sites is 2. The lowest BCUT2D eigenvalue weighted by atomic mass is 10.2. The minimum Gasteiger partial charge on any atom is -0.486 e. The minimum atomic E-state index is -0.245. The van der Waals surface area contributed by atoms with Gasteiger partial charge in [0, 0.05) is 10.9 Å². The Morgan fingerprint density at radius 2 is 1.83 bits per heavy atom. The number of carbonyl (C=O) groups excluding carboxylic acids is 2. The Hall–Kier alpha value is -3.39. The van der Waals surface area contributed by atoms with Gasteiger partial charge in [0.1, 0.15) is 12.7 Å². The first kappa shape index (κ1) is 18.9. The van der Waals surface area contributed by atoms with Crippen LogP contribution >= 0.6 is 11.3 Å². The van der Waals surface area contributed by atoms with Gasteiger partial charge in [0.25, 0.3) is 5.91 Å². The average molecular weight is 409 g/mol. The molecule has 0 saturated heterocycles. The third-order valence-electron chi connectivity index (χ3n) is 4.24. The summed E-state index contributed by atoms with van der Waals surface area (Å²) in [6, 6.07) is 16.3. The second-order valence-electron chi connectivity index (χ2n) is 6.44. The summed E-state index contributed by atoms with van der Waals surface area (Å²) in [4.78, 5) is 28.7. The molecule has 1 aliphatic rings. The molecule has 2 N–H and O–H groups in total. The fourth-order valence-electron chi connectivity index (χ4n) is 2.82. The van der Waals surface area contributed by atoms with Crippen molar-refractivity contribution in [2.45, 2.75) is 12.5 Å². The van der Waals surface area contributed by atoms with Crippen molar-refractivity contribution in [3.8, 4) is 11.5 Å². The van der Waals surface area contributed by atoms with Crippen LogP contribution in [0.2, 0.25) is 0 Å². The summed E-state index contributed by atoms with van der Waals surface area (Å²) in [6.07, 6.45) is -0.119. The van der Waals surface area contributed by atoms with E-state index in [2.05, 4.69) is 15.6 Å². The van der Waals surface area contributed by atoms with Crippen LogP contribution in [0, 0.1) is 0 Å². The van der Waals surface area contributed by atoms with Crippen molar-refractivity contribution < 1.29 is 19.1 Å². The largest absolute Gasteiger partial charge is 0.486 e. The number of rotatable bonds is 6. The molecule has 0 spiro atoms. The maximum absolute atomic E-state index is 12.2. The van der Waals surface area contributed by atoms with Gasteiger partial charge >= 0.3 is 0 Å². The summed E-state index contributed by atoms with van der Waals surface area (Å²) in [5, 5.41) is 7.81. The highest BCUT2D eigenvalue weighted by molar-refractivity contribution is 7.14. The number of benzene rings is 2. The van der Waals surface area contributed by atoms with Crippen LogP contribution < -0.4 is 20.1 Å². The molecule has 1 aliphatic heterocycles. The molecule has 0 saturated carbocycles. The van der Waals surface area contributed by atoms with Gasteiger partial charge in [-0.05, 0) is 24.3 Å². The molecule has 148 valence electrons. The molecular formula is C21H19N3O4S. The Kier molecular flexibility index (Phi) is 5.71. The molecular weight excluding hydrogens is 390 g/mol. The molecule has 0 radical (unpaired) electrons. The van der Waals surface area contributed by atoms with Crippen LogP contribution in [-0.2, 0) is 11.2 Å². The van der Waals surface area contributed by atoms with Crippen LogP contribution in [0.25, 0.3) is 0 Å². The fraction of sp³-hybridized carbons (Fsp3) is 0.190.